The highest BCUT2D eigenvalue weighted by Crippen LogP contribution is 2.08. The van der Waals surface area contributed by atoms with E-state index >= 15 is 0 Å². The van der Waals surface area contributed by atoms with E-state index in [1.54, 1.807) is 19.2 Å². The lowest BCUT2D eigenvalue weighted by molar-refractivity contribution is 0.145. The average Bonchev–Trinajstić information content (AvgIpc) is 2.52. The van der Waals surface area contributed by atoms with E-state index in [-0.39, 0.29) is 4.90 Å². The Bertz CT molecular complexity index is 585. The van der Waals surface area contributed by atoms with E-state index in [1.165, 1.54) is 12.1 Å². The number of nitrogens with zero attached hydrogens (tertiary/aromatic N) is 1. The zero-order chi connectivity index (χ0) is 17.1. The number of aliphatic imine (C=N–C) groups is 1. The second-order valence-corrected chi connectivity index (χ2v) is 6.48. The van der Waals surface area contributed by atoms with E-state index in [4.69, 9.17) is 9.88 Å². The SMILES string of the molecule is CCOCCCNC(=NC)NCCc1ccc(S(N)(=O)=O)cc1. The van der Waals surface area contributed by atoms with Gasteiger partial charge in [0.05, 0.1) is 4.90 Å². The molecule has 0 aliphatic heterocycles. The number of sulfonamides is 1. The van der Waals surface area contributed by atoms with E-state index in [9.17, 15) is 8.42 Å². The predicted molar refractivity (Wildman–Crippen MR) is 92.0 cm³/mol. The van der Waals surface area contributed by atoms with Crippen LogP contribution in [0.4, 0.5) is 0 Å². The fraction of sp³-hybridized carbons (Fsp3) is 0.533. The van der Waals surface area contributed by atoms with Crippen LogP contribution in [0.3, 0.4) is 0 Å². The molecule has 1 aromatic rings. The lowest BCUT2D eigenvalue weighted by atomic mass is 10.1. The first kappa shape index (κ1) is 19.4. The largest absolute Gasteiger partial charge is 0.382 e. The van der Waals surface area contributed by atoms with Gasteiger partial charge < -0.3 is 15.4 Å². The minimum Gasteiger partial charge on any atom is -0.382 e. The van der Waals surface area contributed by atoms with Crippen molar-refractivity contribution in [3.8, 4) is 0 Å². The molecule has 0 radical (unpaired) electrons. The smallest absolute Gasteiger partial charge is 0.238 e. The van der Waals surface area contributed by atoms with Crippen LogP contribution in [0.2, 0.25) is 0 Å². The van der Waals surface area contributed by atoms with Crippen LogP contribution in [-0.2, 0) is 21.2 Å². The standard InChI is InChI=1S/C15H26N4O3S/c1-3-22-12-4-10-18-15(17-2)19-11-9-13-5-7-14(8-6-13)23(16,20)21/h5-8H,3-4,9-12H2,1-2H3,(H2,16,20,21)(H2,17,18,19). The summed E-state index contributed by atoms with van der Waals surface area (Å²) in [5.74, 6) is 0.739. The van der Waals surface area contributed by atoms with Crippen LogP contribution in [0.15, 0.2) is 34.2 Å². The van der Waals surface area contributed by atoms with Crippen molar-refractivity contribution in [1.29, 1.82) is 0 Å². The molecule has 0 aliphatic rings. The molecule has 7 nitrogen and oxygen atoms in total. The van der Waals surface area contributed by atoms with E-state index in [1.807, 2.05) is 6.92 Å². The van der Waals surface area contributed by atoms with Gasteiger partial charge in [-0.25, -0.2) is 13.6 Å². The summed E-state index contributed by atoms with van der Waals surface area (Å²) in [5, 5.41) is 11.5. The molecule has 0 amide bonds. The summed E-state index contributed by atoms with van der Waals surface area (Å²) in [6.45, 7) is 4.93. The molecule has 0 heterocycles. The number of primary sulfonamides is 1. The molecule has 23 heavy (non-hydrogen) atoms. The topological polar surface area (TPSA) is 106 Å². The number of hydrogen-bond acceptors (Lipinski definition) is 4. The fourth-order valence-electron chi connectivity index (χ4n) is 1.92. The average molecular weight is 342 g/mol. The van der Waals surface area contributed by atoms with E-state index in [0.717, 1.165) is 44.1 Å². The first-order valence-corrected chi connectivity index (χ1v) is 9.16. The molecule has 4 N–H and O–H groups in total. The number of hydrogen-bond donors (Lipinski definition) is 3. The minimum atomic E-state index is -3.63. The summed E-state index contributed by atoms with van der Waals surface area (Å²) >= 11 is 0. The Kier molecular flexibility index (Phi) is 8.60. The van der Waals surface area contributed by atoms with Gasteiger partial charge in [0.2, 0.25) is 10.0 Å². The number of ether oxygens (including phenoxy) is 1. The summed E-state index contributed by atoms with van der Waals surface area (Å²) in [6.07, 6.45) is 1.67. The van der Waals surface area contributed by atoms with Crippen LogP contribution in [0.5, 0.6) is 0 Å². The van der Waals surface area contributed by atoms with Crippen LogP contribution in [-0.4, -0.2) is 47.7 Å². The second kappa shape index (κ2) is 10.2. The number of nitrogens with two attached hydrogens (primary N) is 1. The van der Waals surface area contributed by atoms with Crippen molar-refractivity contribution in [2.75, 3.05) is 33.4 Å². The Labute approximate surface area is 138 Å². The number of rotatable bonds is 9. The van der Waals surface area contributed by atoms with Crippen LogP contribution < -0.4 is 15.8 Å². The molecule has 0 saturated heterocycles. The molecule has 0 unspecified atom stereocenters. The number of guanidine groups is 1. The summed E-state index contributed by atoms with van der Waals surface area (Å²) in [5.41, 5.74) is 1.02. The van der Waals surface area contributed by atoms with E-state index < -0.39 is 10.0 Å². The molecular weight excluding hydrogens is 316 g/mol. The molecule has 8 heteroatoms. The van der Waals surface area contributed by atoms with E-state index in [2.05, 4.69) is 15.6 Å². The molecule has 0 bridgehead atoms. The van der Waals surface area contributed by atoms with Crippen LogP contribution in [0.25, 0.3) is 0 Å². The van der Waals surface area contributed by atoms with Gasteiger partial charge in [-0.3, -0.25) is 4.99 Å². The van der Waals surface area contributed by atoms with E-state index in [0.29, 0.717) is 6.54 Å². The highest BCUT2D eigenvalue weighted by Gasteiger charge is 2.06. The Balaban J connectivity index is 2.31. The number of nitrogens with one attached hydrogen (secondary N) is 2. The Morgan fingerprint density at radius 1 is 1.22 bits per heavy atom. The molecule has 1 rings (SSSR count). The van der Waals surface area contributed by atoms with Gasteiger partial charge >= 0.3 is 0 Å². The molecule has 0 aromatic heterocycles. The van der Waals surface area contributed by atoms with Crippen molar-refractivity contribution in [3.05, 3.63) is 29.8 Å². The van der Waals surface area contributed by atoms with Crippen molar-refractivity contribution >= 4 is 16.0 Å². The monoisotopic (exact) mass is 342 g/mol. The van der Waals surface area contributed by atoms with Crippen molar-refractivity contribution < 1.29 is 13.2 Å². The van der Waals surface area contributed by atoms with Gasteiger partial charge in [-0.15, -0.1) is 0 Å². The van der Waals surface area contributed by atoms with Crippen molar-refractivity contribution in [3.63, 3.8) is 0 Å². The van der Waals surface area contributed by atoms with Gasteiger partial charge in [-0.05, 0) is 37.5 Å². The zero-order valence-electron chi connectivity index (χ0n) is 13.7. The summed E-state index contributed by atoms with van der Waals surface area (Å²) in [6, 6.07) is 6.57. The lowest BCUT2D eigenvalue weighted by Gasteiger charge is -2.12. The third-order valence-electron chi connectivity index (χ3n) is 3.14. The van der Waals surface area contributed by atoms with Crippen LogP contribution in [0, 0.1) is 0 Å². The first-order valence-electron chi connectivity index (χ1n) is 7.61. The lowest BCUT2D eigenvalue weighted by Crippen LogP contribution is -2.39. The minimum absolute atomic E-state index is 0.126. The number of benzene rings is 1. The van der Waals surface area contributed by atoms with Gasteiger partial charge in [-0.2, -0.15) is 0 Å². The maximum absolute atomic E-state index is 11.2. The second-order valence-electron chi connectivity index (χ2n) is 4.92. The van der Waals surface area contributed by atoms with Gasteiger partial charge in [0, 0.05) is 33.4 Å². The van der Waals surface area contributed by atoms with Crippen molar-refractivity contribution in [2.24, 2.45) is 10.1 Å². The fourth-order valence-corrected chi connectivity index (χ4v) is 2.43. The maximum atomic E-state index is 11.2. The predicted octanol–water partition coefficient (Wildman–Crippen LogP) is 0.468. The zero-order valence-corrected chi connectivity index (χ0v) is 14.5. The molecule has 0 aliphatic carbocycles. The molecule has 130 valence electrons. The van der Waals surface area contributed by atoms with Gasteiger partial charge in [0.1, 0.15) is 0 Å². The molecule has 0 fully saturated rings. The van der Waals surface area contributed by atoms with Crippen molar-refractivity contribution in [1.82, 2.24) is 10.6 Å². The Morgan fingerprint density at radius 3 is 2.43 bits per heavy atom. The maximum Gasteiger partial charge on any atom is 0.238 e. The third-order valence-corrected chi connectivity index (χ3v) is 4.07. The summed E-state index contributed by atoms with van der Waals surface area (Å²) in [4.78, 5) is 4.27. The normalized spacial score (nSPS) is 12.2. The van der Waals surface area contributed by atoms with Crippen molar-refractivity contribution in [2.45, 2.75) is 24.7 Å². The highest BCUT2D eigenvalue weighted by atomic mass is 32.2. The highest BCUT2D eigenvalue weighted by molar-refractivity contribution is 7.89. The Hall–Kier alpha value is -1.64. The van der Waals surface area contributed by atoms with Crippen LogP contribution >= 0.6 is 0 Å². The molecule has 0 atom stereocenters. The molecular formula is C15H26N4O3S. The molecule has 0 saturated carbocycles. The van der Waals surface area contributed by atoms with Gasteiger partial charge in [0.15, 0.2) is 5.96 Å². The van der Waals surface area contributed by atoms with Crippen LogP contribution in [0.1, 0.15) is 18.9 Å². The third kappa shape index (κ3) is 7.96. The summed E-state index contributed by atoms with van der Waals surface area (Å²) in [7, 11) is -1.91. The first-order chi connectivity index (χ1) is 11.0. The van der Waals surface area contributed by atoms with Gasteiger partial charge in [-0.1, -0.05) is 12.1 Å². The summed E-state index contributed by atoms with van der Waals surface area (Å²) < 4.78 is 27.6. The quantitative estimate of drug-likeness (QED) is 0.344. The van der Waals surface area contributed by atoms with Gasteiger partial charge in [0.25, 0.3) is 0 Å². The molecule has 1 aromatic carbocycles. The Morgan fingerprint density at radius 2 is 1.87 bits per heavy atom. The molecule has 0 spiro atoms.